The average molecular weight is 716 g/mol. The SMILES string of the molecule is c1ccc(-c2nc(-c3cccc4c3oc3ccccc34)nc(-c3cc(-c4ccc5c6ccccc6c6ccccc6c5c4)cc4oc5ccccc5c34)n2)cc1. The standard InChI is InChI=1S/C51H29N3O2/c1-2-13-30(14-3-1)49-52-50(41-22-12-21-39-38-19-8-10-23-44(38)56-48(39)41)54-51(53-49)43-28-32(29-46-47(43)40-20-9-11-24-45(40)55-46)31-25-26-37-35-17-5-4-15-33(35)34-16-6-7-18-36(34)42(37)27-31/h1-29H. The molecule has 0 saturated heterocycles. The molecule has 3 heterocycles. The molecule has 9 aromatic carbocycles. The summed E-state index contributed by atoms with van der Waals surface area (Å²) in [5, 5.41) is 11.4. The highest BCUT2D eigenvalue weighted by Gasteiger charge is 2.22. The molecule has 0 N–H and O–H groups in total. The summed E-state index contributed by atoms with van der Waals surface area (Å²) in [6.45, 7) is 0. The van der Waals surface area contributed by atoms with Crippen LogP contribution in [0, 0.1) is 0 Å². The van der Waals surface area contributed by atoms with Crippen molar-refractivity contribution in [3.63, 3.8) is 0 Å². The fourth-order valence-electron chi connectivity index (χ4n) is 8.54. The molecule has 12 rings (SSSR count). The van der Waals surface area contributed by atoms with Gasteiger partial charge in [-0.1, -0.05) is 140 Å². The topological polar surface area (TPSA) is 65.0 Å². The van der Waals surface area contributed by atoms with Crippen molar-refractivity contribution in [3.8, 4) is 45.3 Å². The molecule has 0 bridgehead atoms. The van der Waals surface area contributed by atoms with Crippen molar-refractivity contribution in [3.05, 3.63) is 176 Å². The van der Waals surface area contributed by atoms with E-state index < -0.39 is 0 Å². The summed E-state index contributed by atoms with van der Waals surface area (Å²) in [5.41, 5.74) is 7.79. The second-order valence-corrected chi connectivity index (χ2v) is 14.3. The Labute approximate surface area is 320 Å². The average Bonchev–Trinajstić information content (AvgIpc) is 3.85. The molecule has 0 saturated carbocycles. The molecule has 0 atom stereocenters. The predicted molar refractivity (Wildman–Crippen MR) is 229 cm³/mol. The Hall–Kier alpha value is -7.63. The van der Waals surface area contributed by atoms with Crippen LogP contribution in [0.25, 0.3) is 121 Å². The maximum absolute atomic E-state index is 6.63. The zero-order valence-corrected chi connectivity index (χ0v) is 29.9. The largest absolute Gasteiger partial charge is 0.456 e. The zero-order valence-electron chi connectivity index (χ0n) is 29.9. The zero-order chi connectivity index (χ0) is 36.7. The third-order valence-electron chi connectivity index (χ3n) is 11.1. The lowest BCUT2D eigenvalue weighted by Gasteiger charge is -2.13. The number of hydrogen-bond donors (Lipinski definition) is 0. The van der Waals surface area contributed by atoms with Gasteiger partial charge in [-0.15, -0.1) is 0 Å². The van der Waals surface area contributed by atoms with E-state index in [0.29, 0.717) is 17.5 Å². The van der Waals surface area contributed by atoms with Crippen LogP contribution >= 0.6 is 0 Å². The van der Waals surface area contributed by atoms with E-state index in [0.717, 1.165) is 71.7 Å². The lowest BCUT2D eigenvalue weighted by molar-refractivity contribution is 0.668. The number of rotatable bonds is 4. The number of hydrogen-bond acceptors (Lipinski definition) is 5. The Morgan fingerprint density at radius 2 is 0.839 bits per heavy atom. The highest BCUT2D eigenvalue weighted by atomic mass is 16.3. The van der Waals surface area contributed by atoms with E-state index in [4.69, 9.17) is 23.8 Å². The molecule has 0 aliphatic heterocycles. The first-order valence-electron chi connectivity index (χ1n) is 18.8. The Bertz CT molecular complexity index is 3510. The van der Waals surface area contributed by atoms with Gasteiger partial charge in [0.1, 0.15) is 22.3 Å². The number of fused-ring (bicyclic) bond motifs is 12. The first-order chi connectivity index (χ1) is 27.7. The van der Waals surface area contributed by atoms with Gasteiger partial charge in [-0.2, -0.15) is 0 Å². The molecular formula is C51H29N3O2. The van der Waals surface area contributed by atoms with E-state index in [9.17, 15) is 0 Å². The van der Waals surface area contributed by atoms with Crippen molar-refractivity contribution in [2.24, 2.45) is 0 Å². The monoisotopic (exact) mass is 715 g/mol. The van der Waals surface area contributed by atoms with Gasteiger partial charge >= 0.3 is 0 Å². The second kappa shape index (κ2) is 11.9. The third-order valence-corrected chi connectivity index (χ3v) is 11.1. The van der Waals surface area contributed by atoms with Gasteiger partial charge in [-0.25, -0.2) is 15.0 Å². The predicted octanol–water partition coefficient (Wildman–Crippen LogP) is 13.8. The van der Waals surface area contributed by atoms with Crippen molar-refractivity contribution in [1.82, 2.24) is 15.0 Å². The minimum Gasteiger partial charge on any atom is -0.456 e. The molecule has 3 aromatic heterocycles. The van der Waals surface area contributed by atoms with E-state index in [2.05, 4.69) is 97.1 Å². The lowest BCUT2D eigenvalue weighted by atomic mass is 9.91. The van der Waals surface area contributed by atoms with Crippen molar-refractivity contribution in [2.45, 2.75) is 0 Å². The number of para-hydroxylation sites is 3. The Morgan fingerprint density at radius 3 is 1.57 bits per heavy atom. The van der Waals surface area contributed by atoms with Crippen LogP contribution in [0.3, 0.4) is 0 Å². The lowest BCUT2D eigenvalue weighted by Crippen LogP contribution is -2.01. The van der Waals surface area contributed by atoms with Gasteiger partial charge in [0.2, 0.25) is 0 Å². The Kier molecular flexibility index (Phi) is 6.56. The van der Waals surface area contributed by atoms with E-state index in [1.165, 1.54) is 32.3 Å². The molecule has 0 aliphatic carbocycles. The van der Waals surface area contributed by atoms with Crippen LogP contribution in [0.5, 0.6) is 0 Å². The Morgan fingerprint density at radius 1 is 0.286 bits per heavy atom. The fraction of sp³-hybridized carbons (Fsp3) is 0. The van der Waals surface area contributed by atoms with Gasteiger partial charge in [0, 0.05) is 32.7 Å². The van der Waals surface area contributed by atoms with E-state index in [-0.39, 0.29) is 0 Å². The first kappa shape index (κ1) is 30.8. The molecular weight excluding hydrogens is 687 g/mol. The highest BCUT2D eigenvalue weighted by Crippen LogP contribution is 2.43. The van der Waals surface area contributed by atoms with Crippen molar-refractivity contribution >= 4 is 76.2 Å². The molecule has 0 amide bonds. The maximum atomic E-state index is 6.63. The first-order valence-corrected chi connectivity index (χ1v) is 18.8. The molecule has 0 fully saturated rings. The van der Waals surface area contributed by atoms with Gasteiger partial charge in [0.25, 0.3) is 0 Å². The summed E-state index contributed by atoms with van der Waals surface area (Å²) in [6.07, 6.45) is 0. The summed E-state index contributed by atoms with van der Waals surface area (Å²) in [7, 11) is 0. The normalized spacial score (nSPS) is 11.9. The minimum atomic E-state index is 0.536. The van der Waals surface area contributed by atoms with Crippen LogP contribution < -0.4 is 0 Å². The number of nitrogens with zero attached hydrogens (tertiary/aromatic N) is 3. The van der Waals surface area contributed by atoms with Gasteiger partial charge < -0.3 is 8.83 Å². The van der Waals surface area contributed by atoms with Crippen LogP contribution in [0.2, 0.25) is 0 Å². The Balaban J connectivity index is 1.14. The van der Waals surface area contributed by atoms with Crippen LogP contribution in [0.1, 0.15) is 0 Å². The van der Waals surface area contributed by atoms with Gasteiger partial charge in [0.15, 0.2) is 17.5 Å². The third kappa shape index (κ3) is 4.64. The van der Waals surface area contributed by atoms with Crippen molar-refractivity contribution in [1.29, 1.82) is 0 Å². The molecule has 0 aliphatic rings. The second-order valence-electron chi connectivity index (χ2n) is 14.3. The van der Waals surface area contributed by atoms with Crippen LogP contribution in [-0.4, -0.2) is 15.0 Å². The maximum Gasteiger partial charge on any atom is 0.167 e. The van der Waals surface area contributed by atoms with E-state index >= 15 is 0 Å². The smallest absolute Gasteiger partial charge is 0.167 e. The number of furan rings is 2. The minimum absolute atomic E-state index is 0.536. The van der Waals surface area contributed by atoms with Crippen LogP contribution in [-0.2, 0) is 0 Å². The molecule has 0 unspecified atom stereocenters. The summed E-state index contributed by atoms with van der Waals surface area (Å²) in [6, 6.07) is 61.0. The van der Waals surface area contributed by atoms with Gasteiger partial charge in [0.05, 0.1) is 5.56 Å². The molecule has 5 nitrogen and oxygen atoms in total. The summed E-state index contributed by atoms with van der Waals surface area (Å²) < 4.78 is 13.1. The summed E-state index contributed by atoms with van der Waals surface area (Å²) in [4.78, 5) is 15.6. The van der Waals surface area contributed by atoms with Crippen LogP contribution in [0.4, 0.5) is 0 Å². The highest BCUT2D eigenvalue weighted by molar-refractivity contribution is 6.26. The molecule has 5 heteroatoms. The number of benzene rings is 9. The van der Waals surface area contributed by atoms with Crippen LogP contribution in [0.15, 0.2) is 185 Å². The van der Waals surface area contributed by atoms with E-state index in [1.54, 1.807) is 0 Å². The van der Waals surface area contributed by atoms with Gasteiger partial charge in [-0.3, -0.25) is 0 Å². The molecule has 56 heavy (non-hydrogen) atoms. The van der Waals surface area contributed by atoms with Crippen molar-refractivity contribution < 1.29 is 8.83 Å². The molecule has 0 spiro atoms. The molecule has 0 radical (unpaired) electrons. The summed E-state index contributed by atoms with van der Waals surface area (Å²) in [5.74, 6) is 1.67. The van der Waals surface area contributed by atoms with Crippen molar-refractivity contribution in [2.75, 3.05) is 0 Å². The fourth-order valence-corrected chi connectivity index (χ4v) is 8.54. The number of aromatic nitrogens is 3. The summed E-state index contributed by atoms with van der Waals surface area (Å²) >= 11 is 0. The molecule has 260 valence electrons. The van der Waals surface area contributed by atoms with Gasteiger partial charge in [-0.05, 0) is 79.8 Å². The quantitative estimate of drug-likeness (QED) is 0.170. The molecule has 12 aromatic rings. The van der Waals surface area contributed by atoms with E-state index in [1.807, 2.05) is 78.9 Å².